The molecule has 2 aromatic rings. The summed E-state index contributed by atoms with van der Waals surface area (Å²) in [5.41, 5.74) is 0.564. The Labute approximate surface area is 86.4 Å². The number of sulfonamides is 1. The van der Waals surface area contributed by atoms with Gasteiger partial charge in [-0.1, -0.05) is 11.0 Å². The number of benzene rings is 1. The van der Waals surface area contributed by atoms with Gasteiger partial charge in [-0.05, 0) is 24.3 Å². The Morgan fingerprint density at radius 2 is 2.00 bits per heavy atom. The van der Waals surface area contributed by atoms with Crippen LogP contribution in [0.3, 0.4) is 0 Å². The molecule has 2 N–H and O–H groups in total. The topological polar surface area (TPSA) is 79.3 Å². The van der Waals surface area contributed by atoms with Gasteiger partial charge >= 0.3 is 0 Å². The molecule has 15 heavy (non-hydrogen) atoms. The normalized spacial score (nSPS) is 11.8. The van der Waals surface area contributed by atoms with E-state index in [1.807, 2.05) is 0 Å². The number of hydrogen-bond acceptors (Lipinski definition) is 4. The second-order valence-corrected chi connectivity index (χ2v) is 4.55. The molecule has 0 saturated carbocycles. The van der Waals surface area contributed by atoms with Crippen molar-refractivity contribution in [1.82, 2.24) is 9.87 Å². The summed E-state index contributed by atoms with van der Waals surface area (Å²) in [6, 6.07) is 7.94. The van der Waals surface area contributed by atoms with Gasteiger partial charge in [-0.15, -0.1) is 0 Å². The minimum Gasteiger partial charge on any atom is -0.302 e. The Morgan fingerprint density at radius 3 is 2.73 bits per heavy atom. The largest absolute Gasteiger partial charge is 0.302 e. The van der Waals surface area contributed by atoms with E-state index in [1.54, 1.807) is 30.5 Å². The van der Waals surface area contributed by atoms with Crippen molar-refractivity contribution in [2.45, 2.75) is 4.90 Å². The van der Waals surface area contributed by atoms with Crippen LogP contribution in [-0.2, 0) is 10.0 Å². The molecule has 0 atom stereocenters. The van der Waals surface area contributed by atoms with Crippen molar-refractivity contribution in [3.63, 3.8) is 0 Å². The predicted octanol–water partition coefficient (Wildman–Crippen LogP) is 0.902. The van der Waals surface area contributed by atoms with Gasteiger partial charge < -0.3 is 5.21 Å². The molecule has 6 heteroatoms. The molecular formula is C9H8N2O3S. The summed E-state index contributed by atoms with van der Waals surface area (Å²) in [4.78, 5) is 5.32. The van der Waals surface area contributed by atoms with E-state index in [2.05, 4.69) is 4.98 Å². The van der Waals surface area contributed by atoms with E-state index in [-0.39, 0.29) is 4.90 Å². The number of rotatable bonds is 2. The van der Waals surface area contributed by atoms with E-state index in [1.165, 1.54) is 11.0 Å². The first-order chi connectivity index (χ1) is 7.15. The monoisotopic (exact) mass is 224 g/mol. The van der Waals surface area contributed by atoms with Crippen molar-refractivity contribution in [2.24, 2.45) is 0 Å². The zero-order valence-electron chi connectivity index (χ0n) is 7.58. The van der Waals surface area contributed by atoms with Crippen molar-refractivity contribution >= 4 is 20.9 Å². The van der Waals surface area contributed by atoms with Crippen molar-refractivity contribution in [2.75, 3.05) is 0 Å². The lowest BCUT2D eigenvalue weighted by Crippen LogP contribution is -2.19. The Morgan fingerprint density at radius 1 is 1.20 bits per heavy atom. The molecule has 0 radical (unpaired) electrons. The quantitative estimate of drug-likeness (QED) is 0.743. The van der Waals surface area contributed by atoms with Crippen molar-refractivity contribution < 1.29 is 13.6 Å². The van der Waals surface area contributed by atoms with E-state index in [9.17, 15) is 8.42 Å². The fourth-order valence-corrected chi connectivity index (χ4v) is 2.18. The Bertz CT molecular complexity index is 590. The zero-order chi connectivity index (χ0) is 10.9. The van der Waals surface area contributed by atoms with Gasteiger partial charge in [-0.2, -0.15) is 0 Å². The number of pyridine rings is 1. The van der Waals surface area contributed by atoms with Crippen molar-refractivity contribution in [3.8, 4) is 0 Å². The number of nitrogens with one attached hydrogen (secondary N) is 1. The minimum atomic E-state index is -3.86. The molecule has 5 nitrogen and oxygen atoms in total. The molecule has 0 aliphatic carbocycles. The molecule has 0 saturated heterocycles. The van der Waals surface area contributed by atoms with Crippen LogP contribution in [0, 0.1) is 0 Å². The van der Waals surface area contributed by atoms with Crippen LogP contribution in [0.1, 0.15) is 0 Å². The summed E-state index contributed by atoms with van der Waals surface area (Å²) in [5.74, 6) is 0. The summed E-state index contributed by atoms with van der Waals surface area (Å²) in [5, 5.41) is 9.02. The third-order valence-electron chi connectivity index (χ3n) is 2.02. The van der Waals surface area contributed by atoms with Crippen LogP contribution in [0.25, 0.3) is 10.9 Å². The zero-order valence-corrected chi connectivity index (χ0v) is 8.40. The molecule has 1 aromatic carbocycles. The third-order valence-corrected chi connectivity index (χ3v) is 3.19. The van der Waals surface area contributed by atoms with Crippen LogP contribution in [0.15, 0.2) is 41.4 Å². The van der Waals surface area contributed by atoms with Crippen molar-refractivity contribution in [1.29, 1.82) is 0 Å². The van der Waals surface area contributed by atoms with E-state index >= 15 is 0 Å². The average molecular weight is 224 g/mol. The minimum absolute atomic E-state index is 0.00981. The second kappa shape index (κ2) is 3.58. The van der Waals surface area contributed by atoms with Gasteiger partial charge in [0, 0.05) is 11.6 Å². The molecule has 0 unspecified atom stereocenters. The highest BCUT2D eigenvalue weighted by Crippen LogP contribution is 2.20. The Kier molecular flexibility index (Phi) is 2.39. The summed E-state index contributed by atoms with van der Waals surface area (Å²) in [6.45, 7) is 0. The van der Waals surface area contributed by atoms with Gasteiger partial charge in [-0.25, -0.2) is 8.42 Å². The van der Waals surface area contributed by atoms with Gasteiger partial charge in [0.05, 0.1) is 10.4 Å². The summed E-state index contributed by atoms with van der Waals surface area (Å²) >= 11 is 0. The Hall–Kier alpha value is -1.50. The number of hydrogen-bond donors (Lipinski definition) is 2. The van der Waals surface area contributed by atoms with Crippen LogP contribution < -0.4 is 4.89 Å². The fraction of sp³-hybridized carbons (Fsp3) is 0. The molecular weight excluding hydrogens is 216 g/mol. The molecule has 0 aliphatic heterocycles. The Balaban J connectivity index is 2.83. The number of nitrogens with zero attached hydrogens (tertiary/aromatic N) is 1. The first kappa shape index (κ1) is 10.0. The molecule has 0 fully saturated rings. The molecule has 1 heterocycles. The molecule has 0 amide bonds. The molecule has 0 aliphatic rings. The second-order valence-electron chi connectivity index (χ2n) is 2.92. The summed E-state index contributed by atoms with van der Waals surface area (Å²) in [7, 11) is -3.86. The molecule has 1 aromatic heterocycles. The van der Waals surface area contributed by atoms with Crippen LogP contribution in [0.4, 0.5) is 0 Å². The van der Waals surface area contributed by atoms with Crippen LogP contribution in [-0.4, -0.2) is 18.6 Å². The van der Waals surface area contributed by atoms with E-state index in [4.69, 9.17) is 5.21 Å². The number of fused-ring (bicyclic) bond motifs is 1. The van der Waals surface area contributed by atoms with Crippen molar-refractivity contribution in [3.05, 3.63) is 36.5 Å². The van der Waals surface area contributed by atoms with E-state index in [0.29, 0.717) is 10.9 Å². The molecule has 2 rings (SSSR count). The van der Waals surface area contributed by atoms with E-state index < -0.39 is 10.0 Å². The first-order valence-corrected chi connectivity index (χ1v) is 5.63. The SMILES string of the molecule is O=S(=O)(NO)c1cccc2ncccc12. The molecule has 0 spiro atoms. The maximum atomic E-state index is 11.4. The fourth-order valence-electron chi connectivity index (χ4n) is 1.36. The maximum Gasteiger partial charge on any atom is 0.262 e. The third kappa shape index (κ3) is 1.70. The summed E-state index contributed by atoms with van der Waals surface area (Å²) in [6.07, 6.45) is 1.57. The lowest BCUT2D eigenvalue weighted by atomic mass is 10.2. The van der Waals surface area contributed by atoms with Crippen LogP contribution in [0.5, 0.6) is 0 Å². The lowest BCUT2D eigenvalue weighted by Gasteiger charge is -2.04. The highest BCUT2D eigenvalue weighted by molar-refractivity contribution is 7.89. The molecule has 0 bridgehead atoms. The number of aromatic nitrogens is 1. The molecule has 78 valence electrons. The first-order valence-electron chi connectivity index (χ1n) is 4.15. The average Bonchev–Trinajstić information content (AvgIpc) is 2.28. The highest BCUT2D eigenvalue weighted by Gasteiger charge is 2.15. The van der Waals surface area contributed by atoms with Crippen LogP contribution >= 0.6 is 0 Å². The van der Waals surface area contributed by atoms with Gasteiger partial charge in [0.2, 0.25) is 0 Å². The highest BCUT2D eigenvalue weighted by atomic mass is 32.2. The van der Waals surface area contributed by atoms with E-state index in [0.717, 1.165) is 0 Å². The van der Waals surface area contributed by atoms with Gasteiger partial charge in [-0.3, -0.25) is 4.98 Å². The standard InChI is InChI=1S/C9H8N2O3S/c12-11-15(13,14)9-5-1-4-8-7(9)3-2-6-10-8/h1-6,11-12H. The smallest absolute Gasteiger partial charge is 0.262 e. The van der Waals surface area contributed by atoms with Gasteiger partial charge in [0.1, 0.15) is 0 Å². The summed E-state index contributed by atoms with van der Waals surface area (Å²) < 4.78 is 22.9. The van der Waals surface area contributed by atoms with Gasteiger partial charge in [0.15, 0.2) is 0 Å². The predicted molar refractivity (Wildman–Crippen MR) is 53.9 cm³/mol. The maximum absolute atomic E-state index is 11.4. The lowest BCUT2D eigenvalue weighted by molar-refractivity contribution is 0.243. The van der Waals surface area contributed by atoms with Gasteiger partial charge in [0.25, 0.3) is 10.0 Å². The van der Waals surface area contributed by atoms with Crippen LogP contribution in [0.2, 0.25) is 0 Å².